The molecule has 0 spiro atoms. The smallest absolute Gasteiger partial charge is 0.326 e. The molecule has 0 unspecified atom stereocenters. The Kier molecular flexibility index (Phi) is 4.95. The van der Waals surface area contributed by atoms with Crippen LogP contribution >= 0.6 is 0 Å². The number of amides is 1. The lowest BCUT2D eigenvalue weighted by atomic mass is 10.0. The molecule has 5 heteroatoms. The minimum Gasteiger partial charge on any atom is -0.480 e. The normalized spacial score (nSPS) is 11.5. The molecule has 1 atom stereocenters. The van der Waals surface area contributed by atoms with Crippen molar-refractivity contribution in [1.29, 1.82) is 5.26 Å². The molecule has 3 aromatic rings. The summed E-state index contributed by atoms with van der Waals surface area (Å²) in [6.07, 6.45) is 0.0986. The molecule has 2 N–H and O–H groups in total. The van der Waals surface area contributed by atoms with Gasteiger partial charge in [-0.1, -0.05) is 48.5 Å². The highest BCUT2D eigenvalue weighted by Crippen LogP contribution is 2.18. The van der Waals surface area contributed by atoms with Crippen molar-refractivity contribution >= 4 is 22.6 Å². The van der Waals surface area contributed by atoms with Crippen molar-refractivity contribution < 1.29 is 14.7 Å². The van der Waals surface area contributed by atoms with E-state index in [1.165, 1.54) is 0 Å². The second-order valence-electron chi connectivity index (χ2n) is 5.91. The predicted octanol–water partition coefficient (Wildman–Crippen LogP) is 3.14. The van der Waals surface area contributed by atoms with Crippen LogP contribution in [0.15, 0.2) is 66.7 Å². The summed E-state index contributed by atoms with van der Waals surface area (Å²) in [4.78, 5) is 24.3. The van der Waals surface area contributed by atoms with Crippen LogP contribution in [-0.4, -0.2) is 23.0 Å². The van der Waals surface area contributed by atoms with Gasteiger partial charge in [-0.25, -0.2) is 4.79 Å². The third-order valence-electron chi connectivity index (χ3n) is 4.13. The van der Waals surface area contributed by atoms with E-state index in [0.29, 0.717) is 16.7 Å². The zero-order chi connectivity index (χ0) is 18.5. The highest BCUT2D eigenvalue weighted by Gasteiger charge is 2.22. The van der Waals surface area contributed by atoms with Crippen molar-refractivity contribution in [2.24, 2.45) is 0 Å². The molecule has 26 heavy (non-hydrogen) atoms. The first-order chi connectivity index (χ1) is 12.6. The van der Waals surface area contributed by atoms with E-state index in [1.54, 1.807) is 36.4 Å². The molecule has 0 heterocycles. The van der Waals surface area contributed by atoms with E-state index in [-0.39, 0.29) is 6.42 Å². The zero-order valence-electron chi connectivity index (χ0n) is 13.8. The average Bonchev–Trinajstić information content (AvgIpc) is 2.67. The van der Waals surface area contributed by atoms with Gasteiger partial charge in [-0.2, -0.15) is 5.26 Å². The number of rotatable bonds is 5. The average molecular weight is 344 g/mol. The first-order valence-electron chi connectivity index (χ1n) is 8.09. The second-order valence-corrected chi connectivity index (χ2v) is 5.91. The standard InChI is InChI=1S/C21H16N2O3/c22-13-15-6-3-5-14(11-15)12-19(21(25)26)23-20(24)18-10-4-8-16-7-1-2-9-17(16)18/h1-11,19H,12H2,(H,23,24)(H,25,26)/t19-/m1/s1. The van der Waals surface area contributed by atoms with Crippen molar-refractivity contribution in [3.63, 3.8) is 0 Å². The summed E-state index contributed by atoms with van der Waals surface area (Å²) >= 11 is 0. The van der Waals surface area contributed by atoms with Crippen LogP contribution < -0.4 is 5.32 Å². The maximum Gasteiger partial charge on any atom is 0.326 e. The van der Waals surface area contributed by atoms with Gasteiger partial charge in [-0.3, -0.25) is 4.79 Å². The second kappa shape index (κ2) is 7.49. The van der Waals surface area contributed by atoms with Crippen LogP contribution in [0.3, 0.4) is 0 Å². The Morgan fingerprint density at radius 2 is 1.77 bits per heavy atom. The molecule has 0 aliphatic rings. The van der Waals surface area contributed by atoms with Gasteiger partial charge in [0.1, 0.15) is 6.04 Å². The molecular formula is C21H16N2O3. The molecule has 0 aliphatic carbocycles. The number of benzene rings is 3. The Bertz CT molecular complexity index is 1020. The van der Waals surface area contributed by atoms with E-state index < -0.39 is 17.9 Å². The number of nitriles is 1. The van der Waals surface area contributed by atoms with Gasteiger partial charge in [-0.05, 0) is 34.5 Å². The van der Waals surface area contributed by atoms with Crippen molar-refractivity contribution in [2.75, 3.05) is 0 Å². The van der Waals surface area contributed by atoms with E-state index in [1.807, 2.05) is 36.4 Å². The van der Waals surface area contributed by atoms with Crippen molar-refractivity contribution in [2.45, 2.75) is 12.5 Å². The van der Waals surface area contributed by atoms with Crippen LogP contribution in [0.25, 0.3) is 10.8 Å². The fraction of sp³-hybridized carbons (Fsp3) is 0.0952. The summed E-state index contributed by atoms with van der Waals surface area (Å²) in [5.74, 6) is -1.56. The maximum atomic E-state index is 12.7. The fourth-order valence-electron chi connectivity index (χ4n) is 2.86. The van der Waals surface area contributed by atoms with Crippen molar-refractivity contribution in [1.82, 2.24) is 5.32 Å². The number of carbonyl (C=O) groups is 2. The monoisotopic (exact) mass is 344 g/mol. The minimum absolute atomic E-state index is 0.0986. The molecule has 1 amide bonds. The van der Waals surface area contributed by atoms with Crippen LogP contribution in [0, 0.1) is 11.3 Å². The van der Waals surface area contributed by atoms with E-state index in [4.69, 9.17) is 5.26 Å². The maximum absolute atomic E-state index is 12.7. The van der Waals surface area contributed by atoms with Gasteiger partial charge in [-0.15, -0.1) is 0 Å². The zero-order valence-corrected chi connectivity index (χ0v) is 13.8. The number of nitrogens with zero attached hydrogens (tertiary/aromatic N) is 1. The number of fused-ring (bicyclic) bond motifs is 1. The van der Waals surface area contributed by atoms with E-state index in [2.05, 4.69) is 5.32 Å². The first kappa shape index (κ1) is 17.2. The van der Waals surface area contributed by atoms with E-state index >= 15 is 0 Å². The predicted molar refractivity (Wildman–Crippen MR) is 97.7 cm³/mol. The lowest BCUT2D eigenvalue weighted by molar-refractivity contribution is -0.139. The van der Waals surface area contributed by atoms with Gasteiger partial charge >= 0.3 is 5.97 Å². The molecule has 3 rings (SSSR count). The van der Waals surface area contributed by atoms with Crippen LogP contribution in [0.5, 0.6) is 0 Å². The Labute approximate surface area is 150 Å². The number of carboxylic acid groups (broad SMARTS) is 1. The van der Waals surface area contributed by atoms with Crippen molar-refractivity contribution in [3.8, 4) is 6.07 Å². The number of aliphatic carboxylic acids is 1. The summed E-state index contributed by atoms with van der Waals surface area (Å²) in [7, 11) is 0. The lowest BCUT2D eigenvalue weighted by Gasteiger charge is -2.16. The Morgan fingerprint density at radius 1 is 1.04 bits per heavy atom. The lowest BCUT2D eigenvalue weighted by Crippen LogP contribution is -2.42. The molecule has 128 valence electrons. The van der Waals surface area contributed by atoms with E-state index in [0.717, 1.165) is 10.8 Å². The molecule has 5 nitrogen and oxygen atoms in total. The van der Waals surface area contributed by atoms with Gasteiger partial charge in [0.25, 0.3) is 5.91 Å². The Balaban J connectivity index is 1.84. The topological polar surface area (TPSA) is 90.2 Å². The van der Waals surface area contributed by atoms with Gasteiger partial charge in [0.05, 0.1) is 11.6 Å². The minimum atomic E-state index is -1.12. The molecular weight excluding hydrogens is 328 g/mol. The van der Waals surface area contributed by atoms with Crippen LogP contribution in [0.2, 0.25) is 0 Å². The summed E-state index contributed by atoms with van der Waals surface area (Å²) in [6.45, 7) is 0. The quantitative estimate of drug-likeness (QED) is 0.744. The Hall–Kier alpha value is -3.65. The molecule has 0 bridgehead atoms. The highest BCUT2D eigenvalue weighted by molar-refractivity contribution is 6.07. The number of carboxylic acids is 1. The summed E-state index contributed by atoms with van der Waals surface area (Å²) < 4.78 is 0. The fourth-order valence-corrected chi connectivity index (χ4v) is 2.86. The summed E-state index contributed by atoms with van der Waals surface area (Å²) in [5, 5.41) is 22.7. The van der Waals surface area contributed by atoms with Gasteiger partial charge < -0.3 is 10.4 Å². The molecule has 0 saturated heterocycles. The van der Waals surface area contributed by atoms with E-state index in [9.17, 15) is 14.7 Å². The third kappa shape index (κ3) is 3.70. The number of hydrogen-bond donors (Lipinski definition) is 2. The van der Waals surface area contributed by atoms with Gasteiger partial charge in [0, 0.05) is 12.0 Å². The molecule has 0 saturated carbocycles. The molecule has 3 aromatic carbocycles. The number of carbonyl (C=O) groups excluding carboxylic acids is 1. The number of nitrogens with one attached hydrogen (secondary N) is 1. The van der Waals surface area contributed by atoms with Gasteiger partial charge in [0.2, 0.25) is 0 Å². The largest absolute Gasteiger partial charge is 0.480 e. The highest BCUT2D eigenvalue weighted by atomic mass is 16.4. The van der Waals surface area contributed by atoms with Gasteiger partial charge in [0.15, 0.2) is 0 Å². The van der Waals surface area contributed by atoms with Crippen LogP contribution in [0.1, 0.15) is 21.5 Å². The SMILES string of the molecule is N#Cc1cccc(C[C@@H](NC(=O)c2cccc3ccccc23)C(=O)O)c1. The molecule has 0 fully saturated rings. The summed E-state index contributed by atoms with van der Waals surface area (Å²) in [6, 6.07) is 20.4. The summed E-state index contributed by atoms with van der Waals surface area (Å²) in [5.41, 5.74) is 1.56. The van der Waals surface area contributed by atoms with Crippen LogP contribution in [-0.2, 0) is 11.2 Å². The van der Waals surface area contributed by atoms with Crippen LogP contribution in [0.4, 0.5) is 0 Å². The Morgan fingerprint density at radius 3 is 2.54 bits per heavy atom. The molecule has 0 radical (unpaired) electrons. The number of hydrogen-bond acceptors (Lipinski definition) is 3. The van der Waals surface area contributed by atoms with Crippen molar-refractivity contribution in [3.05, 3.63) is 83.4 Å². The molecule has 0 aromatic heterocycles. The first-order valence-corrected chi connectivity index (χ1v) is 8.09. The third-order valence-corrected chi connectivity index (χ3v) is 4.13. The molecule has 0 aliphatic heterocycles.